The number of benzene rings is 3. The number of hydrogen-bond donors (Lipinski definition) is 1. The van der Waals surface area contributed by atoms with E-state index in [0.29, 0.717) is 23.7 Å². The van der Waals surface area contributed by atoms with Crippen molar-refractivity contribution in [1.29, 1.82) is 0 Å². The van der Waals surface area contributed by atoms with Crippen molar-refractivity contribution in [3.63, 3.8) is 0 Å². The maximum absolute atomic E-state index is 13.7. The molecule has 0 aromatic heterocycles. The molecule has 0 bridgehead atoms. The summed E-state index contributed by atoms with van der Waals surface area (Å²) in [5.41, 5.74) is 2.85. The highest BCUT2D eigenvalue weighted by molar-refractivity contribution is 6.30. The molecule has 0 saturated heterocycles. The van der Waals surface area contributed by atoms with Crippen LogP contribution in [0.2, 0.25) is 5.02 Å². The van der Waals surface area contributed by atoms with Gasteiger partial charge in [-0.3, -0.25) is 9.59 Å². The van der Waals surface area contributed by atoms with E-state index in [1.165, 1.54) is 0 Å². The predicted octanol–water partition coefficient (Wildman–Crippen LogP) is 6.25. The van der Waals surface area contributed by atoms with Gasteiger partial charge in [0.1, 0.15) is 11.8 Å². The number of carbonyl (C=O) groups excluding carboxylic acids is 2. The molecule has 2 amide bonds. The first kappa shape index (κ1) is 28.3. The van der Waals surface area contributed by atoms with E-state index in [2.05, 4.69) is 19.2 Å². The summed E-state index contributed by atoms with van der Waals surface area (Å²) in [6.45, 7) is 8.85. The number of para-hydroxylation sites is 1. The Hall–Kier alpha value is -3.31. The van der Waals surface area contributed by atoms with E-state index in [9.17, 15) is 9.59 Å². The number of ether oxygens (including phenoxy) is 1. The zero-order chi connectivity index (χ0) is 26.8. The van der Waals surface area contributed by atoms with Gasteiger partial charge >= 0.3 is 0 Å². The second kappa shape index (κ2) is 13.8. The zero-order valence-corrected chi connectivity index (χ0v) is 22.9. The Labute approximate surface area is 225 Å². The Balaban J connectivity index is 1.92. The largest absolute Gasteiger partial charge is 0.483 e. The summed E-state index contributed by atoms with van der Waals surface area (Å²) < 4.78 is 6.03. The summed E-state index contributed by atoms with van der Waals surface area (Å²) >= 11 is 6.25. The summed E-state index contributed by atoms with van der Waals surface area (Å²) in [6.07, 6.45) is 0.389. The Morgan fingerprint density at radius 3 is 2.24 bits per heavy atom. The Morgan fingerprint density at radius 2 is 1.57 bits per heavy atom. The SMILES string of the molecule is CC(C)CNC(=O)[C@H](Cc1ccccc1)N(Cc1cccc(Cl)c1)C(=O)COc1ccccc1C(C)C. The summed E-state index contributed by atoms with van der Waals surface area (Å²) in [5.74, 6) is 0.767. The van der Waals surface area contributed by atoms with E-state index >= 15 is 0 Å². The van der Waals surface area contributed by atoms with Gasteiger partial charge in [0.15, 0.2) is 6.61 Å². The Morgan fingerprint density at radius 1 is 0.892 bits per heavy atom. The van der Waals surface area contributed by atoms with Crippen LogP contribution >= 0.6 is 11.6 Å². The van der Waals surface area contributed by atoms with Crippen molar-refractivity contribution in [3.8, 4) is 5.75 Å². The molecule has 0 spiro atoms. The zero-order valence-electron chi connectivity index (χ0n) is 22.1. The topological polar surface area (TPSA) is 58.6 Å². The fourth-order valence-electron chi connectivity index (χ4n) is 4.12. The molecule has 1 atom stereocenters. The van der Waals surface area contributed by atoms with Gasteiger partial charge in [0.05, 0.1) is 0 Å². The molecule has 5 nitrogen and oxygen atoms in total. The third-order valence-corrected chi connectivity index (χ3v) is 6.32. The van der Waals surface area contributed by atoms with Crippen LogP contribution in [0.25, 0.3) is 0 Å². The number of nitrogens with zero attached hydrogens (tertiary/aromatic N) is 1. The Kier molecular flexibility index (Phi) is 10.6. The van der Waals surface area contributed by atoms with Crippen LogP contribution in [0.5, 0.6) is 5.75 Å². The van der Waals surface area contributed by atoms with Gasteiger partial charge in [-0.15, -0.1) is 0 Å². The first-order valence-electron chi connectivity index (χ1n) is 12.8. The molecule has 0 saturated carbocycles. The molecule has 0 aliphatic rings. The number of rotatable bonds is 12. The smallest absolute Gasteiger partial charge is 0.261 e. The first-order chi connectivity index (χ1) is 17.7. The van der Waals surface area contributed by atoms with Crippen LogP contribution in [0, 0.1) is 5.92 Å². The van der Waals surface area contributed by atoms with Crippen LogP contribution in [0.3, 0.4) is 0 Å². The minimum atomic E-state index is -0.712. The van der Waals surface area contributed by atoms with Gasteiger partial charge in [-0.25, -0.2) is 0 Å². The lowest BCUT2D eigenvalue weighted by Crippen LogP contribution is -2.52. The van der Waals surface area contributed by atoms with Crippen molar-refractivity contribution < 1.29 is 14.3 Å². The van der Waals surface area contributed by atoms with Crippen LogP contribution < -0.4 is 10.1 Å². The van der Waals surface area contributed by atoms with E-state index in [0.717, 1.165) is 16.7 Å². The molecule has 196 valence electrons. The standard InChI is InChI=1S/C31H37ClN2O3/c1-22(2)19-33-31(36)28(18-24-11-6-5-7-12-24)34(20-25-13-10-14-26(32)17-25)30(35)21-37-29-16-9-8-15-27(29)23(3)4/h5-17,22-23,28H,18-21H2,1-4H3,(H,33,36)/t28-/m0/s1. The van der Waals surface area contributed by atoms with Gasteiger partial charge in [0, 0.05) is 24.5 Å². The lowest BCUT2D eigenvalue weighted by Gasteiger charge is -2.32. The van der Waals surface area contributed by atoms with Crippen molar-refractivity contribution in [1.82, 2.24) is 10.2 Å². The van der Waals surface area contributed by atoms with Crippen LogP contribution in [0.15, 0.2) is 78.9 Å². The number of nitrogens with one attached hydrogen (secondary N) is 1. The minimum Gasteiger partial charge on any atom is -0.483 e. The third kappa shape index (κ3) is 8.64. The average Bonchev–Trinajstić information content (AvgIpc) is 2.88. The van der Waals surface area contributed by atoms with Crippen LogP contribution in [-0.2, 0) is 22.6 Å². The molecule has 0 radical (unpaired) electrons. The lowest BCUT2D eigenvalue weighted by molar-refractivity contribution is -0.142. The number of hydrogen-bond acceptors (Lipinski definition) is 3. The molecule has 0 unspecified atom stereocenters. The van der Waals surface area contributed by atoms with E-state index < -0.39 is 6.04 Å². The van der Waals surface area contributed by atoms with E-state index in [-0.39, 0.29) is 36.8 Å². The summed E-state index contributed by atoms with van der Waals surface area (Å²) in [5, 5.41) is 3.61. The molecule has 6 heteroatoms. The maximum atomic E-state index is 13.7. The minimum absolute atomic E-state index is 0.174. The van der Waals surface area contributed by atoms with Crippen molar-refractivity contribution in [2.75, 3.05) is 13.2 Å². The van der Waals surface area contributed by atoms with Gasteiger partial charge in [-0.1, -0.05) is 100.0 Å². The molecule has 3 aromatic carbocycles. The molecule has 3 rings (SSSR count). The van der Waals surface area contributed by atoms with Crippen molar-refractivity contribution in [2.24, 2.45) is 5.92 Å². The van der Waals surface area contributed by atoms with Crippen LogP contribution in [0.4, 0.5) is 0 Å². The highest BCUT2D eigenvalue weighted by Gasteiger charge is 2.31. The molecular formula is C31H37ClN2O3. The normalized spacial score (nSPS) is 11.9. The maximum Gasteiger partial charge on any atom is 0.261 e. The lowest BCUT2D eigenvalue weighted by atomic mass is 10.0. The third-order valence-electron chi connectivity index (χ3n) is 6.09. The van der Waals surface area contributed by atoms with Crippen LogP contribution in [-0.4, -0.2) is 35.9 Å². The average molecular weight is 521 g/mol. The van der Waals surface area contributed by atoms with Gasteiger partial charge < -0.3 is 15.0 Å². The molecule has 0 aliphatic carbocycles. The number of halogens is 1. The molecule has 3 aromatic rings. The molecule has 1 N–H and O–H groups in total. The quantitative estimate of drug-likeness (QED) is 0.307. The summed E-state index contributed by atoms with van der Waals surface area (Å²) in [4.78, 5) is 28.9. The van der Waals surface area contributed by atoms with Crippen LogP contribution in [0.1, 0.15) is 50.3 Å². The molecular weight excluding hydrogens is 484 g/mol. The number of amides is 2. The second-order valence-corrected chi connectivity index (χ2v) is 10.4. The van der Waals surface area contributed by atoms with Gasteiger partial charge in [0.2, 0.25) is 5.91 Å². The fourth-order valence-corrected chi connectivity index (χ4v) is 4.33. The predicted molar refractivity (Wildman–Crippen MR) is 150 cm³/mol. The summed E-state index contributed by atoms with van der Waals surface area (Å²) in [7, 11) is 0. The summed E-state index contributed by atoms with van der Waals surface area (Å²) in [6, 6.07) is 24.2. The van der Waals surface area contributed by atoms with E-state index in [4.69, 9.17) is 16.3 Å². The van der Waals surface area contributed by atoms with Crippen molar-refractivity contribution >= 4 is 23.4 Å². The van der Waals surface area contributed by atoms with Gasteiger partial charge in [-0.05, 0) is 46.7 Å². The fraction of sp³-hybridized carbons (Fsp3) is 0.355. The Bertz CT molecular complexity index is 1160. The first-order valence-corrected chi connectivity index (χ1v) is 13.2. The highest BCUT2D eigenvalue weighted by Crippen LogP contribution is 2.26. The van der Waals surface area contributed by atoms with Gasteiger partial charge in [-0.2, -0.15) is 0 Å². The van der Waals surface area contributed by atoms with E-state index in [1.54, 1.807) is 11.0 Å². The van der Waals surface area contributed by atoms with Gasteiger partial charge in [0.25, 0.3) is 5.91 Å². The van der Waals surface area contributed by atoms with Crippen molar-refractivity contribution in [2.45, 2.75) is 52.6 Å². The monoisotopic (exact) mass is 520 g/mol. The van der Waals surface area contributed by atoms with Crippen molar-refractivity contribution in [3.05, 3.63) is 101 Å². The second-order valence-electron chi connectivity index (χ2n) is 9.98. The molecule has 0 heterocycles. The van der Waals surface area contributed by atoms with E-state index in [1.807, 2.05) is 86.6 Å². The number of carbonyl (C=O) groups is 2. The molecule has 0 aliphatic heterocycles. The molecule has 37 heavy (non-hydrogen) atoms. The molecule has 0 fully saturated rings. The highest BCUT2D eigenvalue weighted by atomic mass is 35.5.